The Morgan fingerprint density at radius 2 is 1.70 bits per heavy atom. The fourth-order valence-corrected chi connectivity index (χ4v) is 2.16. The van der Waals surface area contributed by atoms with E-state index < -0.39 is 24.5 Å². The predicted molar refractivity (Wildman–Crippen MR) is 96.6 cm³/mol. The molecule has 3 amide bonds. The smallest absolute Gasteiger partial charge is 0.342 e. The number of esters is 1. The normalized spacial score (nSPS) is 9.85. The van der Waals surface area contributed by atoms with Crippen LogP contribution < -0.4 is 20.1 Å². The van der Waals surface area contributed by atoms with Crippen molar-refractivity contribution in [1.29, 1.82) is 0 Å². The molecule has 8 heteroatoms. The minimum atomic E-state index is -0.755. The molecule has 0 saturated heterocycles. The van der Waals surface area contributed by atoms with Gasteiger partial charge in [0.15, 0.2) is 6.61 Å². The molecule has 0 bridgehead atoms. The zero-order chi connectivity index (χ0) is 19.6. The van der Waals surface area contributed by atoms with E-state index in [0.29, 0.717) is 5.75 Å². The molecule has 2 N–H and O–H groups in total. The van der Waals surface area contributed by atoms with Crippen molar-refractivity contribution in [3.8, 4) is 11.5 Å². The number of methoxy groups -OCH3 is 2. The van der Waals surface area contributed by atoms with Crippen LogP contribution in [0.4, 0.5) is 4.79 Å². The Kier molecular flexibility index (Phi) is 7.18. The lowest BCUT2D eigenvalue weighted by molar-refractivity contribution is -0.123. The highest BCUT2D eigenvalue weighted by Crippen LogP contribution is 2.25. The molecule has 2 aromatic rings. The molecular formula is C19H20N2O6. The number of carbonyl (C=O) groups is 3. The molecule has 0 unspecified atom stereocenters. The summed E-state index contributed by atoms with van der Waals surface area (Å²) in [5, 5.41) is 4.62. The number of ether oxygens (including phenoxy) is 3. The molecule has 8 nitrogen and oxygen atoms in total. The number of hydrogen-bond acceptors (Lipinski definition) is 6. The lowest BCUT2D eigenvalue weighted by atomic mass is 10.2. The second-order valence-corrected chi connectivity index (χ2v) is 5.36. The molecule has 0 fully saturated rings. The number of nitrogens with one attached hydrogen (secondary N) is 2. The van der Waals surface area contributed by atoms with Gasteiger partial charge in [-0.15, -0.1) is 0 Å². The van der Waals surface area contributed by atoms with Crippen molar-refractivity contribution in [1.82, 2.24) is 10.6 Å². The summed E-state index contributed by atoms with van der Waals surface area (Å²) < 4.78 is 15.1. The average molecular weight is 372 g/mol. The quantitative estimate of drug-likeness (QED) is 0.720. The summed E-state index contributed by atoms with van der Waals surface area (Å²) >= 11 is 0. The van der Waals surface area contributed by atoms with Gasteiger partial charge in [0.25, 0.3) is 5.91 Å². The Balaban J connectivity index is 1.81. The minimum absolute atomic E-state index is 0.139. The summed E-state index contributed by atoms with van der Waals surface area (Å²) in [6.45, 7) is -0.338. The largest absolute Gasteiger partial charge is 0.497 e. The number of carbonyl (C=O) groups excluding carboxylic acids is 3. The zero-order valence-electron chi connectivity index (χ0n) is 15.0. The van der Waals surface area contributed by atoms with Crippen molar-refractivity contribution in [3.05, 3.63) is 59.7 Å². The van der Waals surface area contributed by atoms with Crippen LogP contribution in [0.15, 0.2) is 48.5 Å². The van der Waals surface area contributed by atoms with Crippen LogP contribution in [0.25, 0.3) is 0 Å². The SMILES string of the molecule is COc1ccc(C(=O)OCC(=O)NC(=O)NCc2ccccc2)c(OC)c1. The van der Waals surface area contributed by atoms with Gasteiger partial charge in [0.2, 0.25) is 0 Å². The van der Waals surface area contributed by atoms with Crippen LogP contribution in [0, 0.1) is 0 Å². The molecular weight excluding hydrogens is 352 g/mol. The molecule has 0 aromatic heterocycles. The van der Waals surface area contributed by atoms with E-state index >= 15 is 0 Å². The number of urea groups is 1. The Hall–Kier alpha value is -3.55. The van der Waals surface area contributed by atoms with Crippen LogP contribution in [0.1, 0.15) is 15.9 Å². The van der Waals surface area contributed by atoms with Crippen molar-refractivity contribution in [3.63, 3.8) is 0 Å². The van der Waals surface area contributed by atoms with Crippen molar-refractivity contribution in [2.24, 2.45) is 0 Å². The highest BCUT2D eigenvalue weighted by Gasteiger charge is 2.17. The molecule has 27 heavy (non-hydrogen) atoms. The van der Waals surface area contributed by atoms with Gasteiger partial charge in [-0.3, -0.25) is 10.1 Å². The summed E-state index contributed by atoms with van der Waals surface area (Å²) in [6, 6.07) is 13.1. The first-order valence-electron chi connectivity index (χ1n) is 8.04. The second-order valence-electron chi connectivity index (χ2n) is 5.36. The summed E-state index contributed by atoms with van der Waals surface area (Å²) in [5.74, 6) is -0.743. The van der Waals surface area contributed by atoms with Gasteiger partial charge in [-0.1, -0.05) is 30.3 Å². The van der Waals surface area contributed by atoms with Gasteiger partial charge in [0, 0.05) is 12.6 Å². The molecule has 2 aromatic carbocycles. The van der Waals surface area contributed by atoms with E-state index in [9.17, 15) is 14.4 Å². The van der Waals surface area contributed by atoms with Crippen molar-refractivity contribution >= 4 is 17.9 Å². The lowest BCUT2D eigenvalue weighted by Gasteiger charge is -2.10. The van der Waals surface area contributed by atoms with Gasteiger partial charge in [0.05, 0.1) is 14.2 Å². The van der Waals surface area contributed by atoms with Gasteiger partial charge in [-0.2, -0.15) is 0 Å². The monoisotopic (exact) mass is 372 g/mol. The van der Waals surface area contributed by atoms with E-state index in [4.69, 9.17) is 14.2 Å². The maximum Gasteiger partial charge on any atom is 0.342 e. The van der Waals surface area contributed by atoms with Gasteiger partial charge >= 0.3 is 12.0 Å². The first kappa shape index (κ1) is 19.8. The summed E-state index contributed by atoms with van der Waals surface area (Å²) in [7, 11) is 2.88. The van der Waals surface area contributed by atoms with Crippen molar-refractivity contribution in [2.45, 2.75) is 6.54 Å². The highest BCUT2D eigenvalue weighted by atomic mass is 16.5. The average Bonchev–Trinajstić information content (AvgIpc) is 2.70. The second kappa shape index (κ2) is 9.81. The third kappa shape index (κ3) is 6.03. The number of amides is 3. The molecule has 0 atom stereocenters. The molecule has 2 rings (SSSR count). The van der Waals surface area contributed by atoms with E-state index in [0.717, 1.165) is 5.56 Å². The number of imide groups is 1. The molecule has 0 saturated carbocycles. The maximum atomic E-state index is 12.1. The van der Waals surface area contributed by atoms with E-state index in [1.54, 1.807) is 6.07 Å². The molecule has 0 spiro atoms. The van der Waals surface area contributed by atoms with Gasteiger partial charge in [-0.25, -0.2) is 9.59 Å². The molecule has 0 aliphatic carbocycles. The Bertz CT molecular complexity index is 807. The molecule has 0 heterocycles. The highest BCUT2D eigenvalue weighted by molar-refractivity contribution is 5.97. The van der Waals surface area contributed by atoms with Crippen LogP contribution >= 0.6 is 0 Å². The third-order valence-electron chi connectivity index (χ3n) is 3.51. The predicted octanol–water partition coefficient (Wildman–Crippen LogP) is 1.89. The fourth-order valence-electron chi connectivity index (χ4n) is 2.16. The lowest BCUT2D eigenvalue weighted by Crippen LogP contribution is -2.41. The maximum absolute atomic E-state index is 12.1. The molecule has 0 aliphatic rings. The van der Waals surface area contributed by atoms with Crippen LogP contribution in [-0.4, -0.2) is 38.7 Å². The van der Waals surface area contributed by atoms with E-state index in [2.05, 4.69) is 10.6 Å². The third-order valence-corrected chi connectivity index (χ3v) is 3.51. The summed E-state index contributed by atoms with van der Waals surface area (Å²) in [6.07, 6.45) is 0. The Morgan fingerprint density at radius 3 is 2.37 bits per heavy atom. The topological polar surface area (TPSA) is 103 Å². The van der Waals surface area contributed by atoms with E-state index in [-0.39, 0.29) is 17.9 Å². The molecule has 142 valence electrons. The van der Waals surface area contributed by atoms with Gasteiger partial charge in [0.1, 0.15) is 17.1 Å². The van der Waals surface area contributed by atoms with Gasteiger partial charge in [-0.05, 0) is 17.7 Å². The minimum Gasteiger partial charge on any atom is -0.497 e. The van der Waals surface area contributed by atoms with Crippen LogP contribution in [0.2, 0.25) is 0 Å². The summed E-state index contributed by atoms with van der Waals surface area (Å²) in [5.41, 5.74) is 1.03. The van der Waals surface area contributed by atoms with E-state index in [1.807, 2.05) is 30.3 Å². The Labute approximate surface area is 156 Å². The zero-order valence-corrected chi connectivity index (χ0v) is 15.0. The first-order valence-corrected chi connectivity index (χ1v) is 8.04. The van der Waals surface area contributed by atoms with E-state index in [1.165, 1.54) is 26.4 Å². The fraction of sp³-hybridized carbons (Fsp3) is 0.211. The van der Waals surface area contributed by atoms with Crippen LogP contribution in [-0.2, 0) is 16.1 Å². The number of rotatable bonds is 7. The molecule has 0 aliphatic heterocycles. The summed E-state index contributed by atoms with van der Waals surface area (Å²) in [4.78, 5) is 35.6. The standard InChI is InChI=1S/C19H20N2O6/c1-25-14-8-9-15(16(10-14)26-2)18(23)27-12-17(22)21-19(24)20-11-13-6-4-3-5-7-13/h3-10H,11-12H2,1-2H3,(H2,20,21,22,24). The van der Waals surface area contributed by atoms with Crippen LogP contribution in [0.3, 0.4) is 0 Å². The number of benzene rings is 2. The van der Waals surface area contributed by atoms with Crippen molar-refractivity contribution < 1.29 is 28.6 Å². The first-order chi connectivity index (χ1) is 13.0. The van der Waals surface area contributed by atoms with Crippen LogP contribution in [0.5, 0.6) is 11.5 Å². The van der Waals surface area contributed by atoms with Gasteiger partial charge < -0.3 is 19.5 Å². The molecule has 0 radical (unpaired) electrons. The number of hydrogen-bond donors (Lipinski definition) is 2. The Morgan fingerprint density at radius 1 is 0.963 bits per heavy atom. The van der Waals surface area contributed by atoms with Crippen molar-refractivity contribution in [2.75, 3.05) is 20.8 Å².